The van der Waals surface area contributed by atoms with Gasteiger partial charge in [0.05, 0.1) is 13.7 Å². The summed E-state index contributed by atoms with van der Waals surface area (Å²) in [5, 5.41) is 14.5. The van der Waals surface area contributed by atoms with Gasteiger partial charge < -0.3 is 14.2 Å². The first-order valence-corrected chi connectivity index (χ1v) is 10.8. The van der Waals surface area contributed by atoms with Crippen LogP contribution >= 0.6 is 11.3 Å². The summed E-state index contributed by atoms with van der Waals surface area (Å²) in [6.45, 7) is 4.15. The number of methoxy groups -OCH3 is 1. The first-order valence-electron chi connectivity index (χ1n) is 9.98. The van der Waals surface area contributed by atoms with Crippen LogP contribution in [0.25, 0.3) is 22.1 Å². The van der Waals surface area contributed by atoms with Crippen LogP contribution in [-0.2, 0) is 6.54 Å². The Balaban J connectivity index is 1.17. The summed E-state index contributed by atoms with van der Waals surface area (Å²) < 4.78 is 10.7. The number of rotatable bonds is 6. The largest absolute Gasteiger partial charge is 0.497 e. The van der Waals surface area contributed by atoms with Crippen molar-refractivity contribution in [2.45, 2.75) is 6.54 Å². The summed E-state index contributed by atoms with van der Waals surface area (Å²) in [6, 6.07) is 13.4. The van der Waals surface area contributed by atoms with Crippen LogP contribution in [0, 0.1) is 0 Å². The summed E-state index contributed by atoms with van der Waals surface area (Å²) in [5.41, 5.74) is 1.76. The topological polar surface area (TPSA) is 93.3 Å². The van der Waals surface area contributed by atoms with Crippen molar-refractivity contribution >= 4 is 16.5 Å². The third-order valence-electron chi connectivity index (χ3n) is 5.12. The number of pyridine rings is 1. The van der Waals surface area contributed by atoms with Gasteiger partial charge in [-0.2, -0.15) is 4.98 Å². The summed E-state index contributed by atoms with van der Waals surface area (Å²) in [4.78, 5) is 13.5. The van der Waals surface area contributed by atoms with Gasteiger partial charge >= 0.3 is 0 Å². The van der Waals surface area contributed by atoms with Crippen molar-refractivity contribution in [3.63, 3.8) is 0 Å². The normalized spacial score (nSPS) is 14.7. The van der Waals surface area contributed by atoms with Crippen LogP contribution in [0.15, 0.2) is 53.2 Å². The molecule has 1 saturated heterocycles. The van der Waals surface area contributed by atoms with Gasteiger partial charge in [0.25, 0.3) is 0 Å². The lowest BCUT2D eigenvalue weighted by Gasteiger charge is -2.33. The molecule has 5 rings (SSSR count). The van der Waals surface area contributed by atoms with Gasteiger partial charge in [-0.25, -0.2) is 0 Å². The van der Waals surface area contributed by atoms with E-state index in [9.17, 15) is 0 Å². The molecule has 9 nitrogen and oxygen atoms in total. The minimum Gasteiger partial charge on any atom is -0.497 e. The molecule has 0 atom stereocenters. The van der Waals surface area contributed by atoms with Crippen molar-refractivity contribution in [2.75, 3.05) is 38.2 Å². The summed E-state index contributed by atoms with van der Waals surface area (Å²) in [6.07, 6.45) is 1.77. The summed E-state index contributed by atoms with van der Waals surface area (Å²) in [5.74, 6) is 2.01. The molecule has 0 amide bonds. The Morgan fingerprint density at radius 3 is 2.61 bits per heavy atom. The summed E-state index contributed by atoms with van der Waals surface area (Å²) in [7, 11) is 1.64. The molecule has 158 valence electrons. The SMILES string of the molecule is COc1ccc(-c2noc(CN3CCN(c4nnc(-c5ccccn5)s4)CC3)n2)cc1. The van der Waals surface area contributed by atoms with Gasteiger partial charge in [0.1, 0.15) is 11.4 Å². The highest BCUT2D eigenvalue weighted by Gasteiger charge is 2.22. The Morgan fingerprint density at radius 2 is 1.87 bits per heavy atom. The van der Waals surface area contributed by atoms with E-state index in [2.05, 4.69) is 35.1 Å². The predicted molar refractivity (Wildman–Crippen MR) is 117 cm³/mol. The molecule has 1 aromatic carbocycles. The average Bonchev–Trinajstić information content (AvgIpc) is 3.51. The lowest BCUT2D eigenvalue weighted by molar-refractivity contribution is 0.215. The predicted octanol–water partition coefficient (Wildman–Crippen LogP) is 2.98. The molecule has 4 heterocycles. The minimum absolute atomic E-state index is 0.590. The lowest BCUT2D eigenvalue weighted by atomic mass is 10.2. The Bertz CT molecular complexity index is 1120. The molecule has 0 bridgehead atoms. The molecule has 3 aromatic heterocycles. The first-order chi connectivity index (χ1) is 15.3. The zero-order valence-electron chi connectivity index (χ0n) is 17.0. The van der Waals surface area contributed by atoms with Gasteiger partial charge in [0.15, 0.2) is 5.01 Å². The number of benzene rings is 1. The fourth-order valence-corrected chi connectivity index (χ4v) is 4.27. The Labute approximate surface area is 183 Å². The van der Waals surface area contributed by atoms with Crippen molar-refractivity contribution < 1.29 is 9.26 Å². The first kappa shape index (κ1) is 19.6. The minimum atomic E-state index is 0.590. The van der Waals surface area contributed by atoms with Crippen molar-refractivity contribution in [2.24, 2.45) is 0 Å². The fraction of sp³-hybridized carbons (Fsp3) is 0.286. The highest BCUT2D eigenvalue weighted by atomic mass is 32.1. The van der Waals surface area contributed by atoms with Crippen LogP contribution in [0.2, 0.25) is 0 Å². The maximum atomic E-state index is 5.47. The van der Waals surface area contributed by atoms with E-state index in [1.54, 1.807) is 24.6 Å². The highest BCUT2D eigenvalue weighted by molar-refractivity contribution is 7.18. The van der Waals surface area contributed by atoms with E-state index in [1.807, 2.05) is 42.5 Å². The maximum absolute atomic E-state index is 5.47. The maximum Gasteiger partial charge on any atom is 0.241 e. The quantitative estimate of drug-likeness (QED) is 0.453. The Morgan fingerprint density at radius 1 is 1.03 bits per heavy atom. The van der Waals surface area contributed by atoms with Crippen molar-refractivity contribution in [1.82, 2.24) is 30.2 Å². The number of ether oxygens (including phenoxy) is 1. The van der Waals surface area contributed by atoms with Crippen molar-refractivity contribution in [3.05, 3.63) is 54.6 Å². The summed E-state index contributed by atoms with van der Waals surface area (Å²) >= 11 is 1.57. The second-order valence-corrected chi connectivity index (χ2v) is 8.06. The molecule has 1 aliphatic heterocycles. The molecule has 0 radical (unpaired) electrons. The van der Waals surface area contributed by atoms with Gasteiger partial charge in [-0.3, -0.25) is 9.88 Å². The molecule has 31 heavy (non-hydrogen) atoms. The third kappa shape index (κ3) is 4.39. The second kappa shape index (κ2) is 8.78. The molecule has 0 saturated carbocycles. The number of hydrogen-bond acceptors (Lipinski definition) is 10. The molecular formula is C21H21N7O2S. The van der Waals surface area contributed by atoms with Crippen LogP contribution in [0.4, 0.5) is 5.13 Å². The zero-order valence-corrected chi connectivity index (χ0v) is 17.8. The highest BCUT2D eigenvalue weighted by Crippen LogP contribution is 2.28. The van der Waals surface area contributed by atoms with E-state index < -0.39 is 0 Å². The number of aromatic nitrogens is 5. The number of piperazine rings is 1. The van der Waals surface area contributed by atoms with Crippen LogP contribution in [0.1, 0.15) is 5.89 Å². The molecule has 4 aromatic rings. The molecule has 10 heteroatoms. The molecule has 0 unspecified atom stereocenters. The van der Waals surface area contributed by atoms with E-state index in [0.29, 0.717) is 18.3 Å². The molecular weight excluding hydrogens is 414 g/mol. The number of nitrogens with zero attached hydrogens (tertiary/aromatic N) is 7. The monoisotopic (exact) mass is 435 g/mol. The fourth-order valence-electron chi connectivity index (χ4n) is 3.40. The van der Waals surface area contributed by atoms with Gasteiger partial charge in [0.2, 0.25) is 16.8 Å². The molecule has 0 spiro atoms. The zero-order chi connectivity index (χ0) is 21.0. The standard InChI is InChI=1S/C21H21N7O2S/c1-29-16-7-5-15(6-8-16)19-23-18(30-26-19)14-27-10-12-28(13-11-27)21-25-24-20(31-21)17-4-2-3-9-22-17/h2-9H,10-14H2,1H3. The van der Waals surface area contributed by atoms with Crippen LogP contribution in [0.3, 0.4) is 0 Å². The van der Waals surface area contributed by atoms with Crippen LogP contribution < -0.4 is 9.64 Å². The van der Waals surface area contributed by atoms with Gasteiger partial charge in [-0.15, -0.1) is 10.2 Å². The molecule has 0 aliphatic carbocycles. The molecule has 1 fully saturated rings. The Kier molecular flexibility index (Phi) is 5.55. The average molecular weight is 436 g/mol. The number of hydrogen-bond donors (Lipinski definition) is 0. The van der Waals surface area contributed by atoms with E-state index in [-0.39, 0.29) is 0 Å². The van der Waals surface area contributed by atoms with Gasteiger partial charge in [0, 0.05) is 37.9 Å². The van der Waals surface area contributed by atoms with Gasteiger partial charge in [-0.1, -0.05) is 22.6 Å². The second-order valence-electron chi connectivity index (χ2n) is 7.11. The van der Waals surface area contributed by atoms with E-state index in [4.69, 9.17) is 9.26 Å². The van der Waals surface area contributed by atoms with E-state index >= 15 is 0 Å². The Hall–Kier alpha value is -3.37. The molecule has 0 N–H and O–H groups in total. The molecule has 1 aliphatic rings. The smallest absolute Gasteiger partial charge is 0.241 e. The van der Waals surface area contributed by atoms with E-state index in [0.717, 1.165) is 53.3 Å². The van der Waals surface area contributed by atoms with Crippen molar-refractivity contribution in [1.29, 1.82) is 0 Å². The van der Waals surface area contributed by atoms with Gasteiger partial charge in [-0.05, 0) is 36.4 Å². The number of anilines is 1. The third-order valence-corrected chi connectivity index (χ3v) is 6.12. The van der Waals surface area contributed by atoms with E-state index in [1.165, 1.54) is 0 Å². The van der Waals surface area contributed by atoms with Crippen LogP contribution in [-0.4, -0.2) is 63.5 Å². The van der Waals surface area contributed by atoms with Crippen LogP contribution in [0.5, 0.6) is 5.75 Å². The van der Waals surface area contributed by atoms with Crippen molar-refractivity contribution in [3.8, 4) is 27.8 Å². The lowest BCUT2D eigenvalue weighted by Crippen LogP contribution is -2.46.